The van der Waals surface area contributed by atoms with Crippen molar-refractivity contribution >= 4 is 10.9 Å². The molecule has 3 heterocycles. The summed E-state index contributed by atoms with van der Waals surface area (Å²) in [6, 6.07) is 20.1. The van der Waals surface area contributed by atoms with Crippen molar-refractivity contribution in [2.24, 2.45) is 0 Å². The summed E-state index contributed by atoms with van der Waals surface area (Å²) in [5.74, 6) is 0.705. The minimum absolute atomic E-state index is 0.396. The summed E-state index contributed by atoms with van der Waals surface area (Å²) in [6.07, 6.45) is 1.29. The molecular formula is C19H18N2. The van der Waals surface area contributed by atoms with Crippen molar-refractivity contribution < 1.29 is 0 Å². The summed E-state index contributed by atoms with van der Waals surface area (Å²) in [7, 11) is 0. The lowest BCUT2D eigenvalue weighted by Gasteiger charge is -2.33. The summed E-state index contributed by atoms with van der Waals surface area (Å²) in [6.45, 7) is 2.41. The molecule has 3 aromatic rings. The molecule has 0 amide bonds. The predicted octanol–water partition coefficient (Wildman–Crippen LogP) is 4.06. The summed E-state index contributed by atoms with van der Waals surface area (Å²) in [4.78, 5) is 6.36. The van der Waals surface area contributed by atoms with Crippen LogP contribution in [0.2, 0.25) is 0 Å². The molecule has 1 unspecified atom stereocenters. The van der Waals surface area contributed by atoms with E-state index in [0.29, 0.717) is 12.0 Å². The second-order valence-electron chi connectivity index (χ2n) is 6.29. The van der Waals surface area contributed by atoms with E-state index in [1.807, 2.05) is 0 Å². The monoisotopic (exact) mass is 274 g/mol. The summed E-state index contributed by atoms with van der Waals surface area (Å²) in [5.41, 5.74) is 5.70. The lowest BCUT2D eigenvalue weighted by atomic mass is 9.88. The molecule has 0 saturated carbocycles. The highest BCUT2D eigenvalue weighted by Crippen LogP contribution is 2.47. The van der Waals surface area contributed by atoms with Crippen LogP contribution in [0, 0.1) is 0 Å². The van der Waals surface area contributed by atoms with Gasteiger partial charge in [0.2, 0.25) is 0 Å². The number of benzene rings is 2. The minimum Gasteiger partial charge on any atom is -0.357 e. The summed E-state index contributed by atoms with van der Waals surface area (Å²) in [5, 5.41) is 1.43. The van der Waals surface area contributed by atoms with Crippen LogP contribution >= 0.6 is 0 Å². The van der Waals surface area contributed by atoms with E-state index in [2.05, 4.69) is 64.5 Å². The molecule has 2 nitrogen and oxygen atoms in total. The van der Waals surface area contributed by atoms with Gasteiger partial charge in [0.05, 0.1) is 6.04 Å². The molecule has 21 heavy (non-hydrogen) atoms. The van der Waals surface area contributed by atoms with Gasteiger partial charge < -0.3 is 4.98 Å². The Balaban J connectivity index is 1.79. The van der Waals surface area contributed by atoms with Crippen LogP contribution in [0.25, 0.3) is 10.9 Å². The zero-order chi connectivity index (χ0) is 13.8. The highest BCUT2D eigenvalue weighted by atomic mass is 15.2. The molecule has 1 N–H and O–H groups in total. The zero-order valence-corrected chi connectivity index (χ0v) is 11.9. The maximum atomic E-state index is 3.72. The molecule has 0 radical (unpaired) electrons. The number of H-pyrrole nitrogens is 1. The molecular weight excluding hydrogens is 256 g/mol. The lowest BCUT2D eigenvalue weighted by molar-refractivity contribution is 0.261. The number of nitrogens with one attached hydrogen (secondary N) is 1. The maximum Gasteiger partial charge on any atom is 0.0757 e. The number of rotatable bonds is 1. The topological polar surface area (TPSA) is 19.0 Å². The molecule has 0 spiro atoms. The average Bonchev–Trinajstić information content (AvgIpc) is 3.11. The molecule has 5 rings (SSSR count). The van der Waals surface area contributed by atoms with E-state index in [1.54, 1.807) is 5.56 Å². The Labute approximate surface area is 124 Å². The molecule has 104 valence electrons. The third-order valence-electron chi connectivity index (χ3n) is 5.16. The summed E-state index contributed by atoms with van der Waals surface area (Å²) < 4.78 is 0. The van der Waals surface area contributed by atoms with Gasteiger partial charge in [0.1, 0.15) is 0 Å². The lowest BCUT2D eigenvalue weighted by Crippen LogP contribution is -2.31. The molecule has 2 aliphatic heterocycles. The van der Waals surface area contributed by atoms with E-state index in [1.165, 1.54) is 41.7 Å². The number of para-hydroxylation sites is 1. The van der Waals surface area contributed by atoms with Crippen LogP contribution < -0.4 is 0 Å². The predicted molar refractivity (Wildman–Crippen MR) is 85.5 cm³/mol. The van der Waals surface area contributed by atoms with Gasteiger partial charge in [-0.15, -0.1) is 0 Å². The fourth-order valence-electron chi connectivity index (χ4n) is 4.29. The fourth-order valence-corrected chi connectivity index (χ4v) is 4.29. The van der Waals surface area contributed by atoms with Gasteiger partial charge >= 0.3 is 0 Å². The van der Waals surface area contributed by atoms with Gasteiger partial charge in [0.25, 0.3) is 0 Å². The number of aromatic nitrogens is 1. The Morgan fingerprint density at radius 3 is 2.67 bits per heavy atom. The molecule has 1 saturated heterocycles. The number of hydrogen-bond donors (Lipinski definition) is 1. The number of hydrogen-bond acceptors (Lipinski definition) is 1. The van der Waals surface area contributed by atoms with E-state index in [-0.39, 0.29) is 0 Å². The molecule has 1 aromatic heterocycles. The van der Waals surface area contributed by atoms with Gasteiger partial charge in [-0.1, -0.05) is 48.5 Å². The Hall–Kier alpha value is -2.06. The maximum absolute atomic E-state index is 3.72. The second-order valence-corrected chi connectivity index (χ2v) is 6.29. The number of aromatic amines is 1. The van der Waals surface area contributed by atoms with E-state index in [0.717, 1.165) is 0 Å². The Bertz CT molecular complexity index is 803. The zero-order valence-electron chi connectivity index (χ0n) is 11.9. The molecule has 2 aromatic carbocycles. The van der Waals surface area contributed by atoms with E-state index >= 15 is 0 Å². The smallest absolute Gasteiger partial charge is 0.0757 e. The van der Waals surface area contributed by atoms with Crippen LogP contribution in [0.3, 0.4) is 0 Å². The van der Waals surface area contributed by atoms with Crippen LogP contribution in [0.5, 0.6) is 0 Å². The van der Waals surface area contributed by atoms with E-state index < -0.39 is 0 Å². The highest BCUT2D eigenvalue weighted by molar-refractivity contribution is 5.86. The van der Waals surface area contributed by atoms with Crippen molar-refractivity contribution in [3.05, 3.63) is 71.4 Å². The molecule has 3 atom stereocenters. The molecule has 2 aliphatic rings. The van der Waals surface area contributed by atoms with Crippen LogP contribution in [-0.2, 0) is 0 Å². The van der Waals surface area contributed by atoms with Gasteiger partial charge in [-0.25, -0.2) is 0 Å². The second kappa shape index (κ2) is 4.22. The quantitative estimate of drug-likeness (QED) is 0.709. The Morgan fingerprint density at radius 1 is 0.952 bits per heavy atom. The van der Waals surface area contributed by atoms with Crippen LogP contribution in [0.1, 0.15) is 35.2 Å². The highest BCUT2D eigenvalue weighted by Gasteiger charge is 2.40. The van der Waals surface area contributed by atoms with E-state index in [9.17, 15) is 0 Å². The third-order valence-corrected chi connectivity index (χ3v) is 5.16. The van der Waals surface area contributed by atoms with Crippen LogP contribution in [-0.4, -0.2) is 23.0 Å². The van der Waals surface area contributed by atoms with Crippen molar-refractivity contribution in [1.29, 1.82) is 0 Å². The molecule has 1 fully saturated rings. The van der Waals surface area contributed by atoms with E-state index in [4.69, 9.17) is 0 Å². The number of fused-ring (bicyclic) bond motifs is 6. The first-order valence-corrected chi connectivity index (χ1v) is 7.81. The SMILES string of the molecule is c1ccc([C@H]2c3[nH]c4ccccc4c3[C@H]3CCN2C3)cc1. The first-order chi connectivity index (χ1) is 10.4. The third kappa shape index (κ3) is 1.57. The normalized spacial score (nSPS) is 27.0. The molecule has 0 aliphatic carbocycles. The van der Waals surface area contributed by atoms with Crippen LogP contribution in [0.4, 0.5) is 0 Å². The van der Waals surface area contributed by atoms with Crippen molar-refractivity contribution in [3.8, 4) is 0 Å². The van der Waals surface area contributed by atoms with Gasteiger partial charge in [0.15, 0.2) is 0 Å². The first-order valence-electron chi connectivity index (χ1n) is 7.81. The standard InChI is InChI=1S/C19H18N2/c1-2-6-13(7-3-1)19-18-17(14-10-11-21(19)12-14)15-8-4-5-9-16(15)20-18/h1-9,14,19-20H,10-12H2/t14-,19-/m0/s1. The summed E-state index contributed by atoms with van der Waals surface area (Å²) >= 11 is 0. The van der Waals surface area contributed by atoms with Gasteiger partial charge in [-0.2, -0.15) is 0 Å². The molecule has 2 bridgehead atoms. The first kappa shape index (κ1) is 11.6. The van der Waals surface area contributed by atoms with Gasteiger partial charge in [-0.05, 0) is 30.2 Å². The van der Waals surface area contributed by atoms with Crippen molar-refractivity contribution in [2.45, 2.75) is 18.4 Å². The van der Waals surface area contributed by atoms with Crippen LogP contribution in [0.15, 0.2) is 54.6 Å². The van der Waals surface area contributed by atoms with Gasteiger partial charge in [-0.3, -0.25) is 4.90 Å². The number of nitrogens with zero attached hydrogens (tertiary/aromatic N) is 1. The molecule has 2 heteroatoms. The average molecular weight is 274 g/mol. The van der Waals surface area contributed by atoms with Crippen molar-refractivity contribution in [2.75, 3.05) is 13.1 Å². The van der Waals surface area contributed by atoms with Crippen molar-refractivity contribution in [1.82, 2.24) is 9.88 Å². The Morgan fingerprint density at radius 2 is 1.76 bits per heavy atom. The minimum atomic E-state index is 0.396. The Kier molecular flexibility index (Phi) is 2.33. The largest absolute Gasteiger partial charge is 0.357 e. The van der Waals surface area contributed by atoms with Crippen molar-refractivity contribution in [3.63, 3.8) is 0 Å². The van der Waals surface area contributed by atoms with Gasteiger partial charge in [0, 0.05) is 29.1 Å². The fraction of sp³-hybridized carbons (Fsp3) is 0.263.